The van der Waals surface area contributed by atoms with Crippen molar-refractivity contribution in [2.75, 3.05) is 33.8 Å². The van der Waals surface area contributed by atoms with Gasteiger partial charge in [0.15, 0.2) is 16.6 Å². The fourth-order valence-electron chi connectivity index (χ4n) is 3.47. The molecule has 0 aromatic heterocycles. The van der Waals surface area contributed by atoms with Crippen molar-refractivity contribution in [3.63, 3.8) is 0 Å². The summed E-state index contributed by atoms with van der Waals surface area (Å²) in [6.07, 6.45) is 0. The molecule has 0 bridgehead atoms. The molecule has 31 heavy (non-hydrogen) atoms. The van der Waals surface area contributed by atoms with Gasteiger partial charge in [-0.1, -0.05) is 12.1 Å². The molecule has 1 aliphatic rings. The van der Waals surface area contributed by atoms with Gasteiger partial charge in [-0.15, -0.1) is 0 Å². The second kappa shape index (κ2) is 9.57. The molecule has 0 fully saturated rings. The fourth-order valence-corrected chi connectivity index (χ4v) is 3.74. The van der Waals surface area contributed by atoms with Gasteiger partial charge < -0.3 is 34.9 Å². The molecule has 3 rings (SSSR count). The van der Waals surface area contributed by atoms with Crippen LogP contribution in [0.1, 0.15) is 18.5 Å². The maximum absolute atomic E-state index is 13.4. The maximum atomic E-state index is 13.4. The van der Waals surface area contributed by atoms with E-state index in [9.17, 15) is 4.79 Å². The van der Waals surface area contributed by atoms with Gasteiger partial charge in [-0.2, -0.15) is 0 Å². The van der Waals surface area contributed by atoms with Crippen LogP contribution in [0.4, 0.5) is 5.69 Å². The lowest BCUT2D eigenvalue weighted by Gasteiger charge is -2.31. The zero-order valence-electron chi connectivity index (χ0n) is 18.0. The van der Waals surface area contributed by atoms with E-state index in [4.69, 9.17) is 31.2 Å². The number of benzene rings is 2. The zero-order valence-corrected chi connectivity index (χ0v) is 18.8. The largest absolute Gasteiger partial charge is 0.497 e. The topological polar surface area (TPSA) is 90.1 Å². The van der Waals surface area contributed by atoms with Crippen LogP contribution in [0.25, 0.3) is 0 Å². The van der Waals surface area contributed by atoms with Crippen molar-refractivity contribution in [3.05, 3.63) is 53.2 Å². The number of amides is 1. The smallest absolute Gasteiger partial charge is 0.255 e. The average molecular weight is 444 g/mol. The van der Waals surface area contributed by atoms with Crippen molar-refractivity contribution in [1.82, 2.24) is 10.6 Å². The Bertz CT molecular complexity index is 1040. The lowest BCUT2D eigenvalue weighted by atomic mass is 9.93. The number of carbonyl (C=O) groups excluding carboxylic acids is 1. The molecular formula is C22H25N3O5S. The van der Waals surface area contributed by atoms with Gasteiger partial charge in [-0.25, -0.2) is 0 Å². The van der Waals surface area contributed by atoms with Gasteiger partial charge in [0.05, 0.1) is 45.7 Å². The molecule has 1 atom stereocenters. The number of ether oxygens (including phenoxy) is 4. The molecule has 0 spiro atoms. The summed E-state index contributed by atoms with van der Waals surface area (Å²) >= 11 is 5.35. The summed E-state index contributed by atoms with van der Waals surface area (Å²) in [6.45, 7) is 1.80. The maximum Gasteiger partial charge on any atom is 0.255 e. The summed E-state index contributed by atoms with van der Waals surface area (Å²) in [7, 11) is 6.21. The molecule has 0 radical (unpaired) electrons. The lowest BCUT2D eigenvalue weighted by molar-refractivity contribution is -0.113. The van der Waals surface area contributed by atoms with Gasteiger partial charge in [0, 0.05) is 17.3 Å². The third kappa shape index (κ3) is 4.51. The van der Waals surface area contributed by atoms with E-state index in [1.165, 1.54) is 7.11 Å². The monoisotopic (exact) mass is 443 g/mol. The Hall–Kier alpha value is -3.46. The van der Waals surface area contributed by atoms with E-state index in [1.54, 1.807) is 52.5 Å². The first kappa shape index (κ1) is 22.2. The SMILES string of the molecule is COc1ccc(OC)c(NC(=O)C2=C(C)NC(=S)NC2c2cccc(OC)c2OC)c1. The average Bonchev–Trinajstić information content (AvgIpc) is 2.77. The molecular weight excluding hydrogens is 418 g/mol. The number of carbonyl (C=O) groups is 1. The second-order valence-corrected chi connectivity index (χ2v) is 7.08. The highest BCUT2D eigenvalue weighted by molar-refractivity contribution is 7.80. The standard InChI is InChI=1S/C22H25N3O5S/c1-12-18(21(26)24-15-11-13(27-2)9-10-16(15)28-3)19(25-22(31)23-12)14-7-6-8-17(29-4)20(14)30-5/h6-11,19H,1-5H3,(H,24,26)(H2,23,25,31). The van der Waals surface area contributed by atoms with Crippen LogP contribution in [0.2, 0.25) is 0 Å². The molecule has 1 unspecified atom stereocenters. The van der Waals surface area contributed by atoms with Gasteiger partial charge in [0.2, 0.25) is 0 Å². The Balaban J connectivity index is 2.05. The van der Waals surface area contributed by atoms with Gasteiger partial charge in [0.1, 0.15) is 11.5 Å². The fraction of sp³-hybridized carbons (Fsp3) is 0.273. The number of thiocarbonyl (C=S) groups is 1. The first-order valence-electron chi connectivity index (χ1n) is 9.46. The van der Waals surface area contributed by atoms with Gasteiger partial charge >= 0.3 is 0 Å². The highest BCUT2D eigenvalue weighted by atomic mass is 32.1. The van der Waals surface area contributed by atoms with E-state index in [1.807, 2.05) is 12.1 Å². The molecule has 1 amide bonds. The number of methoxy groups -OCH3 is 4. The van der Waals surface area contributed by atoms with Crippen LogP contribution in [0.15, 0.2) is 47.7 Å². The quantitative estimate of drug-likeness (QED) is 0.563. The van der Waals surface area contributed by atoms with Crippen LogP contribution >= 0.6 is 12.2 Å². The van der Waals surface area contributed by atoms with Crippen molar-refractivity contribution in [2.45, 2.75) is 13.0 Å². The molecule has 0 saturated carbocycles. The Kier molecular flexibility index (Phi) is 6.86. The summed E-state index contributed by atoms with van der Waals surface area (Å²) in [4.78, 5) is 13.4. The Morgan fingerprint density at radius 1 is 1.00 bits per heavy atom. The van der Waals surface area contributed by atoms with E-state index < -0.39 is 6.04 Å². The van der Waals surface area contributed by atoms with Crippen molar-refractivity contribution >= 4 is 28.9 Å². The molecule has 0 aliphatic carbocycles. The van der Waals surface area contributed by atoms with Crippen molar-refractivity contribution < 1.29 is 23.7 Å². The molecule has 8 nitrogen and oxygen atoms in total. The van der Waals surface area contributed by atoms with E-state index in [0.29, 0.717) is 50.6 Å². The van der Waals surface area contributed by atoms with E-state index in [-0.39, 0.29) is 5.91 Å². The molecule has 2 aromatic carbocycles. The van der Waals surface area contributed by atoms with Gasteiger partial charge in [0.25, 0.3) is 5.91 Å². The number of anilines is 1. The van der Waals surface area contributed by atoms with Crippen molar-refractivity contribution in [3.8, 4) is 23.0 Å². The first-order valence-corrected chi connectivity index (χ1v) is 9.86. The van der Waals surface area contributed by atoms with E-state index >= 15 is 0 Å². The minimum Gasteiger partial charge on any atom is -0.497 e. The highest BCUT2D eigenvalue weighted by Gasteiger charge is 2.33. The van der Waals surface area contributed by atoms with Crippen molar-refractivity contribution in [1.29, 1.82) is 0 Å². The summed E-state index contributed by atoms with van der Waals surface area (Å²) in [5.41, 5.74) is 2.27. The number of para-hydroxylation sites is 1. The summed E-state index contributed by atoms with van der Waals surface area (Å²) in [6, 6.07) is 10.1. The second-order valence-electron chi connectivity index (χ2n) is 6.67. The third-order valence-corrected chi connectivity index (χ3v) is 5.13. The van der Waals surface area contributed by atoms with Crippen LogP contribution in [0.3, 0.4) is 0 Å². The number of allylic oxidation sites excluding steroid dienone is 1. The van der Waals surface area contributed by atoms with Crippen LogP contribution in [-0.4, -0.2) is 39.5 Å². The molecule has 9 heteroatoms. The molecule has 2 aromatic rings. The lowest BCUT2D eigenvalue weighted by Crippen LogP contribution is -2.45. The predicted molar refractivity (Wildman–Crippen MR) is 122 cm³/mol. The Morgan fingerprint density at radius 2 is 1.74 bits per heavy atom. The molecule has 1 aliphatic heterocycles. The third-order valence-electron chi connectivity index (χ3n) is 4.91. The van der Waals surface area contributed by atoms with Crippen LogP contribution < -0.4 is 34.9 Å². The molecule has 164 valence electrons. The number of nitrogens with one attached hydrogen (secondary N) is 3. The Morgan fingerprint density at radius 3 is 2.39 bits per heavy atom. The summed E-state index contributed by atoms with van der Waals surface area (Å²) in [5, 5.41) is 9.52. The summed E-state index contributed by atoms with van der Waals surface area (Å²) < 4.78 is 21.7. The first-order chi connectivity index (χ1) is 14.9. The highest BCUT2D eigenvalue weighted by Crippen LogP contribution is 2.39. The van der Waals surface area contributed by atoms with E-state index in [2.05, 4.69) is 16.0 Å². The molecule has 1 heterocycles. The summed E-state index contributed by atoms with van der Waals surface area (Å²) in [5.74, 6) is 1.84. The van der Waals surface area contributed by atoms with Crippen LogP contribution in [0.5, 0.6) is 23.0 Å². The molecule has 3 N–H and O–H groups in total. The molecule has 0 saturated heterocycles. The Labute approximate surface area is 186 Å². The van der Waals surface area contributed by atoms with Crippen LogP contribution in [-0.2, 0) is 4.79 Å². The van der Waals surface area contributed by atoms with Crippen LogP contribution in [0, 0.1) is 0 Å². The predicted octanol–water partition coefficient (Wildman–Crippen LogP) is 3.15. The van der Waals surface area contributed by atoms with Crippen molar-refractivity contribution in [2.24, 2.45) is 0 Å². The normalized spacial score (nSPS) is 15.5. The number of hydrogen-bond acceptors (Lipinski definition) is 6. The number of hydrogen-bond donors (Lipinski definition) is 3. The zero-order chi connectivity index (χ0) is 22.5. The van der Waals surface area contributed by atoms with Gasteiger partial charge in [-0.05, 0) is 37.3 Å². The van der Waals surface area contributed by atoms with Gasteiger partial charge in [-0.3, -0.25) is 4.79 Å². The minimum absolute atomic E-state index is 0.332. The number of rotatable bonds is 7. The minimum atomic E-state index is -0.560. The van der Waals surface area contributed by atoms with E-state index in [0.717, 1.165) is 0 Å².